The molecule has 2 N–H and O–H groups in total. The fraction of sp³-hybridized carbons (Fsp3) is 0.750. The largest absolute Gasteiger partial charge is 0.481 e. The van der Waals surface area contributed by atoms with Crippen molar-refractivity contribution in [2.24, 2.45) is 0 Å². The maximum Gasteiger partial charge on any atom is 0.305 e. The highest BCUT2D eigenvalue weighted by Crippen LogP contribution is 2.11. The van der Waals surface area contributed by atoms with Gasteiger partial charge in [-0.3, -0.25) is 14.9 Å². The lowest BCUT2D eigenvalue weighted by Gasteiger charge is -2.19. The molecule has 1 atom stereocenters. The molecule has 1 aliphatic heterocycles. The molecule has 6 heteroatoms. The molecule has 0 aromatic rings. The van der Waals surface area contributed by atoms with Gasteiger partial charge in [0.15, 0.2) is 0 Å². The molecule has 1 heterocycles. The molecule has 0 radical (unpaired) electrons. The number of carbonyl (C=O) groups is 2. The third kappa shape index (κ3) is 3.19. The quantitative estimate of drug-likeness (QED) is 0.671. The monoisotopic (exact) mass is 218 g/mol. The van der Waals surface area contributed by atoms with Crippen LogP contribution in [0, 0.1) is 0 Å². The van der Waals surface area contributed by atoms with E-state index in [0.717, 1.165) is 11.6 Å². The zero-order valence-electron chi connectivity index (χ0n) is 8.02. The van der Waals surface area contributed by atoms with Gasteiger partial charge in [-0.05, 0) is 0 Å². The first-order chi connectivity index (χ1) is 6.61. The van der Waals surface area contributed by atoms with Crippen LogP contribution in [0.15, 0.2) is 0 Å². The molecule has 0 saturated carbocycles. The predicted molar refractivity (Wildman–Crippen MR) is 54.1 cm³/mol. The van der Waals surface area contributed by atoms with Gasteiger partial charge in [0.2, 0.25) is 5.91 Å². The number of likely N-dealkylation sites (N-methyl/N-ethyl adjacent to an activating group) is 1. The highest BCUT2D eigenvalue weighted by atomic mass is 32.2. The number of nitrogens with zero attached hydrogens (tertiary/aromatic N) is 1. The summed E-state index contributed by atoms with van der Waals surface area (Å²) < 4.78 is 0. The first-order valence-corrected chi connectivity index (χ1v) is 5.54. The molecule has 0 aliphatic carbocycles. The highest BCUT2D eigenvalue weighted by molar-refractivity contribution is 7.99. The molecule has 1 fully saturated rings. The minimum atomic E-state index is -0.876. The number of carboxylic acids is 1. The molecule has 1 unspecified atom stereocenters. The summed E-state index contributed by atoms with van der Waals surface area (Å²) in [5, 5.41) is 11.5. The Balaban J connectivity index is 2.31. The molecule has 0 aromatic carbocycles. The smallest absolute Gasteiger partial charge is 0.305 e. The van der Waals surface area contributed by atoms with Crippen molar-refractivity contribution in [2.45, 2.75) is 12.5 Å². The fourth-order valence-electron chi connectivity index (χ4n) is 1.19. The molecule has 0 aromatic heterocycles. The Morgan fingerprint density at radius 1 is 1.64 bits per heavy atom. The van der Waals surface area contributed by atoms with Gasteiger partial charge in [-0.15, -0.1) is 11.8 Å². The Bertz CT molecular complexity index is 229. The Hall–Kier alpha value is -0.750. The summed E-state index contributed by atoms with van der Waals surface area (Å²) in [4.78, 5) is 23.4. The molecule has 1 rings (SSSR count). The van der Waals surface area contributed by atoms with Crippen molar-refractivity contribution < 1.29 is 14.7 Å². The summed E-state index contributed by atoms with van der Waals surface area (Å²) in [5.74, 6) is 0.675. The first kappa shape index (κ1) is 11.3. The average molecular weight is 218 g/mol. The van der Waals surface area contributed by atoms with E-state index in [1.54, 1.807) is 18.8 Å². The molecule has 14 heavy (non-hydrogen) atoms. The molecule has 0 bridgehead atoms. The number of carboxylic acid groups (broad SMARTS) is 1. The SMILES string of the molecule is CN(CCC(=O)O)C(=O)C1CSCN1. The van der Waals surface area contributed by atoms with Crippen molar-refractivity contribution in [1.82, 2.24) is 10.2 Å². The third-order valence-electron chi connectivity index (χ3n) is 2.05. The molecule has 0 spiro atoms. The van der Waals surface area contributed by atoms with E-state index in [4.69, 9.17) is 5.11 Å². The summed E-state index contributed by atoms with van der Waals surface area (Å²) >= 11 is 1.68. The lowest BCUT2D eigenvalue weighted by molar-refractivity contribution is -0.138. The second-order valence-electron chi connectivity index (χ2n) is 3.18. The van der Waals surface area contributed by atoms with Crippen LogP contribution >= 0.6 is 11.8 Å². The van der Waals surface area contributed by atoms with Crippen LogP contribution in [0.2, 0.25) is 0 Å². The van der Waals surface area contributed by atoms with Crippen LogP contribution in [0.25, 0.3) is 0 Å². The van der Waals surface area contributed by atoms with Crippen molar-refractivity contribution in [3.05, 3.63) is 0 Å². The molecule has 80 valence electrons. The lowest BCUT2D eigenvalue weighted by atomic mass is 10.3. The van der Waals surface area contributed by atoms with Crippen LogP contribution in [0.3, 0.4) is 0 Å². The van der Waals surface area contributed by atoms with Gasteiger partial charge in [0.1, 0.15) is 0 Å². The Morgan fingerprint density at radius 2 is 2.36 bits per heavy atom. The van der Waals surface area contributed by atoms with Gasteiger partial charge in [-0.1, -0.05) is 0 Å². The summed E-state index contributed by atoms with van der Waals surface area (Å²) in [6.45, 7) is 0.275. The number of carbonyl (C=O) groups excluding carboxylic acids is 1. The highest BCUT2D eigenvalue weighted by Gasteiger charge is 2.25. The van der Waals surface area contributed by atoms with E-state index >= 15 is 0 Å². The summed E-state index contributed by atoms with van der Waals surface area (Å²) in [6.07, 6.45) is 0.00209. The van der Waals surface area contributed by atoms with Crippen LogP contribution in [0.4, 0.5) is 0 Å². The van der Waals surface area contributed by atoms with Gasteiger partial charge in [0, 0.05) is 25.2 Å². The zero-order chi connectivity index (χ0) is 10.6. The van der Waals surface area contributed by atoms with Crippen LogP contribution in [-0.4, -0.2) is 53.1 Å². The number of amides is 1. The Labute approximate surface area is 86.8 Å². The van der Waals surface area contributed by atoms with Crippen molar-refractivity contribution >= 4 is 23.6 Å². The standard InChI is InChI=1S/C8H14N2O3S/c1-10(3-2-7(11)12)8(13)6-4-14-5-9-6/h6,9H,2-5H2,1H3,(H,11,12). The van der Waals surface area contributed by atoms with Crippen molar-refractivity contribution in [3.63, 3.8) is 0 Å². The van der Waals surface area contributed by atoms with Gasteiger partial charge >= 0.3 is 5.97 Å². The molecule has 1 saturated heterocycles. The second kappa shape index (κ2) is 5.21. The number of nitrogens with one attached hydrogen (secondary N) is 1. The topological polar surface area (TPSA) is 69.6 Å². The Morgan fingerprint density at radius 3 is 2.86 bits per heavy atom. The number of rotatable bonds is 4. The van der Waals surface area contributed by atoms with Gasteiger partial charge in [-0.2, -0.15) is 0 Å². The zero-order valence-corrected chi connectivity index (χ0v) is 8.84. The lowest BCUT2D eigenvalue weighted by Crippen LogP contribution is -2.43. The normalized spacial score (nSPS) is 20.8. The van der Waals surface area contributed by atoms with Gasteiger partial charge in [-0.25, -0.2) is 0 Å². The van der Waals surface area contributed by atoms with E-state index in [0.29, 0.717) is 0 Å². The van der Waals surface area contributed by atoms with Gasteiger partial charge in [0.25, 0.3) is 0 Å². The van der Waals surface area contributed by atoms with Crippen LogP contribution in [0.1, 0.15) is 6.42 Å². The number of hydrogen-bond acceptors (Lipinski definition) is 4. The van der Waals surface area contributed by atoms with Crippen LogP contribution < -0.4 is 5.32 Å². The minimum absolute atomic E-state index is 0.00209. The van der Waals surface area contributed by atoms with E-state index in [9.17, 15) is 9.59 Å². The van der Waals surface area contributed by atoms with Gasteiger partial charge < -0.3 is 10.0 Å². The maximum atomic E-state index is 11.6. The van der Waals surface area contributed by atoms with Gasteiger partial charge in [0.05, 0.1) is 12.5 Å². The van der Waals surface area contributed by atoms with Crippen molar-refractivity contribution in [2.75, 3.05) is 25.2 Å². The average Bonchev–Trinajstić information content (AvgIpc) is 2.65. The molecule has 1 aliphatic rings. The fourth-order valence-corrected chi connectivity index (χ4v) is 2.13. The summed E-state index contributed by atoms with van der Waals surface area (Å²) in [5.41, 5.74) is 0. The summed E-state index contributed by atoms with van der Waals surface area (Å²) in [6, 6.07) is -0.140. The third-order valence-corrected chi connectivity index (χ3v) is 2.99. The summed E-state index contributed by atoms with van der Waals surface area (Å²) in [7, 11) is 1.63. The molecule has 5 nitrogen and oxygen atoms in total. The number of hydrogen-bond donors (Lipinski definition) is 2. The van der Waals surface area contributed by atoms with Crippen LogP contribution in [0.5, 0.6) is 0 Å². The van der Waals surface area contributed by atoms with E-state index in [-0.39, 0.29) is 24.9 Å². The molecular formula is C8H14N2O3S. The maximum absolute atomic E-state index is 11.6. The molecular weight excluding hydrogens is 204 g/mol. The molecule has 1 amide bonds. The first-order valence-electron chi connectivity index (χ1n) is 4.39. The predicted octanol–water partition coefficient (Wildman–Crippen LogP) is -0.418. The van der Waals surface area contributed by atoms with E-state index < -0.39 is 5.97 Å². The van der Waals surface area contributed by atoms with Crippen molar-refractivity contribution in [3.8, 4) is 0 Å². The second-order valence-corrected chi connectivity index (χ2v) is 4.21. The Kier molecular flexibility index (Phi) is 4.21. The minimum Gasteiger partial charge on any atom is -0.481 e. The number of thioether (sulfide) groups is 1. The number of aliphatic carboxylic acids is 1. The van der Waals surface area contributed by atoms with E-state index in [1.165, 1.54) is 4.90 Å². The van der Waals surface area contributed by atoms with Crippen molar-refractivity contribution in [1.29, 1.82) is 0 Å². The van der Waals surface area contributed by atoms with Crippen LogP contribution in [-0.2, 0) is 9.59 Å². The van der Waals surface area contributed by atoms with E-state index in [2.05, 4.69) is 5.32 Å². The van der Waals surface area contributed by atoms with E-state index in [1.807, 2.05) is 0 Å².